The van der Waals surface area contributed by atoms with Crippen molar-refractivity contribution in [3.63, 3.8) is 0 Å². The van der Waals surface area contributed by atoms with Crippen molar-refractivity contribution in [2.45, 2.75) is 40.2 Å². The second-order valence-electron chi connectivity index (χ2n) is 7.58. The van der Waals surface area contributed by atoms with Gasteiger partial charge in [-0.05, 0) is 24.5 Å². The summed E-state index contributed by atoms with van der Waals surface area (Å²) in [6.45, 7) is 7.15. The summed E-state index contributed by atoms with van der Waals surface area (Å²) < 4.78 is 10.7. The van der Waals surface area contributed by atoms with Crippen LogP contribution in [0.1, 0.15) is 32.9 Å². The lowest BCUT2D eigenvalue weighted by Crippen LogP contribution is -2.35. The lowest BCUT2D eigenvalue weighted by atomic mass is 9.87. The highest BCUT2D eigenvalue weighted by Gasteiger charge is 2.31. The van der Waals surface area contributed by atoms with Crippen LogP contribution in [0, 0.1) is 12.3 Å². The topological polar surface area (TPSA) is 140 Å². The van der Waals surface area contributed by atoms with E-state index in [1.165, 1.54) is 0 Å². The predicted octanol–water partition coefficient (Wildman–Crippen LogP) is 4.00. The Kier molecular flexibility index (Phi) is 6.11. The molecule has 158 valence electrons. The van der Waals surface area contributed by atoms with E-state index < -0.39 is 23.6 Å². The van der Waals surface area contributed by atoms with Crippen molar-refractivity contribution < 1.29 is 24.0 Å². The van der Waals surface area contributed by atoms with Gasteiger partial charge >= 0.3 is 12.1 Å². The van der Waals surface area contributed by atoms with Gasteiger partial charge in [-0.3, -0.25) is 15.1 Å². The molecule has 0 saturated heterocycles. The zero-order valence-corrected chi connectivity index (χ0v) is 17.7. The highest BCUT2D eigenvalue weighted by atomic mass is 32.1. The maximum absolute atomic E-state index is 12.3. The van der Waals surface area contributed by atoms with Crippen molar-refractivity contribution in [3.8, 4) is 22.2 Å². The summed E-state index contributed by atoms with van der Waals surface area (Å²) in [6, 6.07) is 3.58. The molecular formula is C19H21N5O5S. The number of aromatic nitrogens is 4. The van der Waals surface area contributed by atoms with Gasteiger partial charge in [-0.15, -0.1) is 0 Å². The molecule has 0 aliphatic rings. The number of thiazole rings is 1. The average molecular weight is 431 g/mol. The number of carbonyl (C=O) groups excluding carboxylic acids is 1. The number of nitrogens with one attached hydrogen (secondary N) is 1. The van der Waals surface area contributed by atoms with Gasteiger partial charge in [0, 0.05) is 18.0 Å². The minimum atomic E-state index is -1.05. The van der Waals surface area contributed by atoms with Crippen LogP contribution in [0.4, 0.5) is 9.93 Å². The van der Waals surface area contributed by atoms with E-state index in [-0.39, 0.29) is 17.4 Å². The van der Waals surface area contributed by atoms with Crippen molar-refractivity contribution in [2.24, 2.45) is 5.41 Å². The molecule has 3 aromatic heterocycles. The first kappa shape index (κ1) is 21.4. The maximum atomic E-state index is 12.3. The van der Waals surface area contributed by atoms with Crippen LogP contribution >= 0.6 is 11.3 Å². The van der Waals surface area contributed by atoms with Crippen molar-refractivity contribution in [2.75, 3.05) is 5.32 Å². The fourth-order valence-electron chi connectivity index (χ4n) is 2.51. The number of carbonyl (C=O) groups is 2. The Labute approximate surface area is 176 Å². The van der Waals surface area contributed by atoms with E-state index in [4.69, 9.17) is 14.4 Å². The van der Waals surface area contributed by atoms with Crippen LogP contribution in [0.5, 0.6) is 0 Å². The van der Waals surface area contributed by atoms with Gasteiger partial charge in [0.25, 0.3) is 5.89 Å². The zero-order valence-electron chi connectivity index (χ0n) is 16.9. The van der Waals surface area contributed by atoms with Crippen LogP contribution in [0.2, 0.25) is 0 Å². The summed E-state index contributed by atoms with van der Waals surface area (Å²) in [4.78, 5) is 36.6. The molecule has 1 unspecified atom stereocenters. The number of rotatable bonds is 6. The van der Waals surface area contributed by atoms with Crippen LogP contribution in [0.25, 0.3) is 22.2 Å². The third-order valence-corrected chi connectivity index (χ3v) is 5.18. The number of aliphatic carboxylic acids is 1. The van der Waals surface area contributed by atoms with Gasteiger partial charge in [0.1, 0.15) is 11.0 Å². The molecule has 1 amide bonds. The van der Waals surface area contributed by atoms with E-state index >= 15 is 0 Å². The molecular weight excluding hydrogens is 410 g/mol. The first-order valence-corrected chi connectivity index (χ1v) is 9.86. The summed E-state index contributed by atoms with van der Waals surface area (Å²) >= 11 is 1.15. The summed E-state index contributed by atoms with van der Waals surface area (Å²) in [6.07, 6.45) is 1.40. The Bertz CT molecular complexity index is 1040. The summed E-state index contributed by atoms with van der Waals surface area (Å²) in [5.74, 6) is -0.388. The van der Waals surface area contributed by atoms with Gasteiger partial charge in [-0.2, -0.15) is 4.98 Å². The SMILES string of the molecule is Cc1nc(NC(=O)OC(CC(=O)O)C(C)(C)C)sc1-c1nc(-c2cccnc2)no1. The first-order valence-electron chi connectivity index (χ1n) is 9.05. The second-order valence-corrected chi connectivity index (χ2v) is 8.58. The van der Waals surface area contributed by atoms with E-state index in [2.05, 4.69) is 25.4 Å². The summed E-state index contributed by atoms with van der Waals surface area (Å²) in [7, 11) is 0. The smallest absolute Gasteiger partial charge is 0.413 e. The molecule has 30 heavy (non-hydrogen) atoms. The first-order chi connectivity index (χ1) is 14.1. The Balaban J connectivity index is 1.73. The van der Waals surface area contributed by atoms with Crippen LogP contribution in [0.3, 0.4) is 0 Å². The van der Waals surface area contributed by atoms with Crippen LogP contribution in [-0.4, -0.2) is 43.4 Å². The van der Waals surface area contributed by atoms with E-state index in [1.807, 2.05) is 6.07 Å². The van der Waals surface area contributed by atoms with E-state index in [0.29, 0.717) is 22.0 Å². The molecule has 0 aliphatic heterocycles. The number of carboxylic acid groups (broad SMARTS) is 1. The molecule has 3 heterocycles. The molecule has 0 aliphatic carbocycles. The van der Waals surface area contributed by atoms with Crippen LogP contribution in [0.15, 0.2) is 29.0 Å². The molecule has 0 bridgehead atoms. The highest BCUT2D eigenvalue weighted by molar-refractivity contribution is 7.19. The fourth-order valence-corrected chi connectivity index (χ4v) is 3.38. The van der Waals surface area contributed by atoms with E-state index in [9.17, 15) is 9.59 Å². The predicted molar refractivity (Wildman–Crippen MR) is 109 cm³/mol. The highest BCUT2D eigenvalue weighted by Crippen LogP contribution is 2.33. The van der Waals surface area contributed by atoms with Crippen molar-refractivity contribution in [1.82, 2.24) is 20.1 Å². The molecule has 0 aromatic carbocycles. The number of nitrogens with zero attached hydrogens (tertiary/aromatic N) is 4. The molecule has 0 spiro atoms. The number of hydrogen-bond acceptors (Lipinski definition) is 9. The normalized spacial score (nSPS) is 12.4. The number of pyridine rings is 1. The fraction of sp³-hybridized carbons (Fsp3) is 0.368. The molecule has 0 saturated carbocycles. The molecule has 11 heteroatoms. The monoisotopic (exact) mass is 431 g/mol. The van der Waals surface area contributed by atoms with E-state index in [0.717, 1.165) is 11.3 Å². The Morgan fingerprint density at radius 2 is 2.10 bits per heavy atom. The van der Waals surface area contributed by atoms with Gasteiger partial charge in [-0.25, -0.2) is 9.78 Å². The van der Waals surface area contributed by atoms with Gasteiger partial charge in [0.05, 0.1) is 12.1 Å². The van der Waals surface area contributed by atoms with Gasteiger partial charge in [-0.1, -0.05) is 37.3 Å². The second kappa shape index (κ2) is 8.57. The summed E-state index contributed by atoms with van der Waals surface area (Å²) in [5, 5.41) is 15.8. The van der Waals surface area contributed by atoms with Crippen molar-refractivity contribution in [3.05, 3.63) is 30.2 Å². The van der Waals surface area contributed by atoms with Crippen molar-refractivity contribution in [1.29, 1.82) is 0 Å². The van der Waals surface area contributed by atoms with Gasteiger partial charge in [0.2, 0.25) is 5.82 Å². The number of carboxylic acids is 1. The molecule has 0 fully saturated rings. The molecule has 10 nitrogen and oxygen atoms in total. The number of amides is 1. The van der Waals surface area contributed by atoms with Crippen LogP contribution < -0.4 is 5.32 Å². The average Bonchev–Trinajstić information content (AvgIpc) is 3.27. The third-order valence-electron chi connectivity index (χ3n) is 4.12. The minimum Gasteiger partial charge on any atom is -0.481 e. The number of aryl methyl sites for hydroxylation is 1. The Morgan fingerprint density at radius 1 is 1.33 bits per heavy atom. The molecule has 2 N–H and O–H groups in total. The molecule has 1 atom stereocenters. The Hall–Kier alpha value is -3.34. The quantitative estimate of drug-likeness (QED) is 0.592. The maximum Gasteiger partial charge on any atom is 0.413 e. The summed E-state index contributed by atoms with van der Waals surface area (Å²) in [5.41, 5.74) is 0.768. The van der Waals surface area contributed by atoms with Crippen molar-refractivity contribution >= 4 is 28.5 Å². The number of anilines is 1. The third kappa shape index (κ3) is 5.17. The standard InChI is InChI=1S/C19H21N5O5S/c1-10-14(16-22-15(24-29-16)11-6-5-7-20-9-11)30-17(21-10)23-18(27)28-12(8-13(25)26)19(2,3)4/h5-7,9,12H,8H2,1-4H3,(H,25,26)(H,21,23,27). The Morgan fingerprint density at radius 3 is 2.73 bits per heavy atom. The molecule has 3 rings (SSSR count). The molecule has 3 aromatic rings. The number of hydrogen-bond donors (Lipinski definition) is 2. The van der Waals surface area contributed by atoms with E-state index in [1.54, 1.807) is 46.2 Å². The van der Waals surface area contributed by atoms with Crippen LogP contribution in [-0.2, 0) is 9.53 Å². The molecule has 0 radical (unpaired) electrons. The minimum absolute atomic E-state index is 0.267. The lowest BCUT2D eigenvalue weighted by Gasteiger charge is -2.28. The zero-order chi connectivity index (χ0) is 21.9. The largest absolute Gasteiger partial charge is 0.481 e. The van der Waals surface area contributed by atoms with Gasteiger partial charge in [0.15, 0.2) is 5.13 Å². The number of ether oxygens (including phenoxy) is 1. The van der Waals surface area contributed by atoms with Gasteiger partial charge < -0.3 is 14.4 Å². The lowest BCUT2D eigenvalue weighted by molar-refractivity contribution is -0.140.